The molecule has 0 spiro atoms. The van der Waals surface area contributed by atoms with E-state index in [1.807, 2.05) is 18.6 Å². The van der Waals surface area contributed by atoms with E-state index in [4.69, 9.17) is 5.73 Å². The quantitative estimate of drug-likeness (QED) is 0.654. The Labute approximate surface area is 108 Å². The number of thiazole rings is 1. The lowest BCUT2D eigenvalue weighted by Gasteiger charge is -2.12. The van der Waals surface area contributed by atoms with E-state index in [0.717, 1.165) is 10.8 Å². The van der Waals surface area contributed by atoms with Gasteiger partial charge in [-0.05, 0) is 13.2 Å². The van der Waals surface area contributed by atoms with Crippen LogP contribution in [0.5, 0.6) is 0 Å². The maximum atomic E-state index is 5.71. The van der Waals surface area contributed by atoms with E-state index >= 15 is 0 Å². The lowest BCUT2D eigenvalue weighted by molar-refractivity contribution is 0.846. The van der Waals surface area contributed by atoms with E-state index in [9.17, 15) is 0 Å². The second-order valence-corrected chi connectivity index (χ2v) is 5.10. The molecule has 2 aromatic rings. The van der Waals surface area contributed by atoms with Crippen LogP contribution in [0.1, 0.15) is 18.0 Å². The summed E-state index contributed by atoms with van der Waals surface area (Å²) in [6, 6.07) is 1.84. The van der Waals surface area contributed by atoms with Crippen LogP contribution in [0.15, 0.2) is 22.8 Å². The summed E-state index contributed by atoms with van der Waals surface area (Å²) in [5.41, 5.74) is 5.71. The molecule has 0 aromatic carbocycles. The van der Waals surface area contributed by atoms with Crippen LogP contribution in [0.2, 0.25) is 0 Å². The fraction of sp³-hybridized carbons (Fsp3) is 0.300. The molecule has 17 heavy (non-hydrogen) atoms. The minimum atomic E-state index is 0.110. The molecule has 90 valence electrons. The minimum Gasteiger partial charge on any atom is -0.383 e. The molecule has 7 heteroatoms. The van der Waals surface area contributed by atoms with Crippen LogP contribution in [0.3, 0.4) is 0 Å². The van der Waals surface area contributed by atoms with Gasteiger partial charge in [-0.2, -0.15) is 0 Å². The molecule has 1 atom stereocenters. The van der Waals surface area contributed by atoms with Crippen LogP contribution < -0.4 is 11.1 Å². The summed E-state index contributed by atoms with van der Waals surface area (Å²) in [5.74, 6) is 1.20. The Kier molecular flexibility index (Phi) is 3.80. The van der Waals surface area contributed by atoms with E-state index in [1.165, 1.54) is 11.8 Å². The summed E-state index contributed by atoms with van der Waals surface area (Å²) < 4.78 is 0. The molecular weight excluding hydrogens is 254 g/mol. The summed E-state index contributed by atoms with van der Waals surface area (Å²) in [4.78, 5) is 12.7. The predicted molar refractivity (Wildman–Crippen MR) is 72.4 cm³/mol. The number of hydrogen-bond acceptors (Lipinski definition) is 7. The monoisotopic (exact) mass is 267 g/mol. The number of thioether (sulfide) groups is 1. The van der Waals surface area contributed by atoms with Crippen molar-refractivity contribution >= 4 is 34.7 Å². The molecule has 0 saturated heterocycles. The normalized spacial score (nSPS) is 12.4. The van der Waals surface area contributed by atoms with Gasteiger partial charge in [-0.15, -0.1) is 11.3 Å². The molecule has 0 saturated carbocycles. The second-order valence-electron chi connectivity index (χ2n) is 3.40. The summed E-state index contributed by atoms with van der Waals surface area (Å²) in [6.07, 6.45) is 3.71. The van der Waals surface area contributed by atoms with Gasteiger partial charge in [-0.25, -0.2) is 15.0 Å². The second kappa shape index (κ2) is 5.33. The summed E-state index contributed by atoms with van der Waals surface area (Å²) in [6.45, 7) is 2.04. The van der Waals surface area contributed by atoms with Gasteiger partial charge in [0.2, 0.25) is 0 Å². The van der Waals surface area contributed by atoms with Crippen LogP contribution in [0.25, 0.3) is 0 Å². The number of nitrogen functional groups attached to an aromatic ring is 1. The van der Waals surface area contributed by atoms with Crippen molar-refractivity contribution in [3.05, 3.63) is 22.7 Å². The molecule has 0 amide bonds. The van der Waals surface area contributed by atoms with Crippen LogP contribution in [0, 0.1) is 0 Å². The van der Waals surface area contributed by atoms with Gasteiger partial charge in [0.05, 0.1) is 6.04 Å². The molecule has 0 aliphatic rings. The first-order valence-corrected chi connectivity index (χ1v) is 7.14. The zero-order chi connectivity index (χ0) is 12.3. The van der Waals surface area contributed by atoms with Gasteiger partial charge < -0.3 is 11.1 Å². The lowest BCUT2D eigenvalue weighted by Crippen LogP contribution is -2.09. The smallest absolute Gasteiger partial charge is 0.191 e. The van der Waals surface area contributed by atoms with E-state index in [2.05, 4.69) is 20.3 Å². The van der Waals surface area contributed by atoms with Crippen molar-refractivity contribution in [1.29, 1.82) is 0 Å². The standard InChI is InChI=1S/C10H13N5S2/c1-6(9-12-3-4-17-9)13-8-5-7(11)14-10(15-8)16-2/h3-6H,1-2H3,(H3,11,13,14,15). The van der Waals surface area contributed by atoms with Crippen molar-refractivity contribution in [1.82, 2.24) is 15.0 Å². The van der Waals surface area contributed by atoms with Gasteiger partial charge in [-0.1, -0.05) is 11.8 Å². The number of nitrogens with zero attached hydrogens (tertiary/aromatic N) is 3. The number of nitrogens with two attached hydrogens (primary N) is 1. The third kappa shape index (κ3) is 3.07. The molecule has 0 radical (unpaired) electrons. The highest BCUT2D eigenvalue weighted by Gasteiger charge is 2.09. The summed E-state index contributed by atoms with van der Waals surface area (Å²) in [7, 11) is 0. The van der Waals surface area contributed by atoms with Crippen LogP contribution in [-0.4, -0.2) is 21.2 Å². The Hall–Kier alpha value is -1.34. The Balaban J connectivity index is 2.15. The van der Waals surface area contributed by atoms with Crippen molar-refractivity contribution in [2.45, 2.75) is 18.1 Å². The number of hydrogen-bond donors (Lipinski definition) is 2. The van der Waals surface area contributed by atoms with E-state index in [-0.39, 0.29) is 6.04 Å². The third-order valence-electron chi connectivity index (χ3n) is 2.09. The fourth-order valence-electron chi connectivity index (χ4n) is 1.34. The molecule has 0 aliphatic carbocycles. The van der Waals surface area contributed by atoms with Crippen LogP contribution in [0.4, 0.5) is 11.6 Å². The van der Waals surface area contributed by atoms with Crippen molar-refractivity contribution in [3.63, 3.8) is 0 Å². The molecule has 2 rings (SSSR count). The molecule has 1 unspecified atom stereocenters. The zero-order valence-electron chi connectivity index (χ0n) is 9.54. The average Bonchev–Trinajstić information content (AvgIpc) is 2.81. The average molecular weight is 267 g/mol. The zero-order valence-corrected chi connectivity index (χ0v) is 11.2. The maximum Gasteiger partial charge on any atom is 0.191 e. The fourth-order valence-corrected chi connectivity index (χ4v) is 2.37. The molecule has 3 N–H and O–H groups in total. The molecule has 5 nitrogen and oxygen atoms in total. The number of aromatic nitrogens is 3. The third-order valence-corrected chi connectivity index (χ3v) is 3.60. The Morgan fingerprint density at radius 2 is 2.29 bits per heavy atom. The van der Waals surface area contributed by atoms with Crippen molar-refractivity contribution in [3.8, 4) is 0 Å². The van der Waals surface area contributed by atoms with Crippen molar-refractivity contribution in [2.75, 3.05) is 17.3 Å². The molecule has 2 heterocycles. The number of nitrogens with one attached hydrogen (secondary N) is 1. The first kappa shape index (κ1) is 12.1. The molecule has 0 bridgehead atoms. The molecule has 2 aromatic heterocycles. The van der Waals surface area contributed by atoms with Gasteiger partial charge in [0, 0.05) is 17.6 Å². The number of anilines is 2. The van der Waals surface area contributed by atoms with E-state index < -0.39 is 0 Å². The highest BCUT2D eigenvalue weighted by Crippen LogP contribution is 2.22. The van der Waals surface area contributed by atoms with Gasteiger partial charge in [0.25, 0.3) is 0 Å². The molecular formula is C10H13N5S2. The topological polar surface area (TPSA) is 76.7 Å². The first-order valence-electron chi connectivity index (χ1n) is 5.03. The van der Waals surface area contributed by atoms with E-state index in [1.54, 1.807) is 23.6 Å². The summed E-state index contributed by atoms with van der Waals surface area (Å²) >= 11 is 3.08. The van der Waals surface area contributed by atoms with Gasteiger partial charge in [0.15, 0.2) is 5.16 Å². The van der Waals surface area contributed by atoms with Crippen LogP contribution in [-0.2, 0) is 0 Å². The van der Waals surface area contributed by atoms with Crippen molar-refractivity contribution in [2.24, 2.45) is 0 Å². The van der Waals surface area contributed by atoms with Gasteiger partial charge in [0.1, 0.15) is 16.6 Å². The van der Waals surface area contributed by atoms with E-state index in [0.29, 0.717) is 11.0 Å². The van der Waals surface area contributed by atoms with Crippen LogP contribution >= 0.6 is 23.1 Å². The molecule has 0 aliphatic heterocycles. The lowest BCUT2D eigenvalue weighted by atomic mass is 10.3. The number of rotatable bonds is 4. The highest BCUT2D eigenvalue weighted by atomic mass is 32.2. The summed E-state index contributed by atoms with van der Waals surface area (Å²) in [5, 5.41) is 6.90. The minimum absolute atomic E-state index is 0.110. The molecule has 0 fully saturated rings. The Bertz CT molecular complexity index is 485. The highest BCUT2D eigenvalue weighted by molar-refractivity contribution is 7.98. The van der Waals surface area contributed by atoms with Gasteiger partial charge in [-0.3, -0.25) is 0 Å². The largest absolute Gasteiger partial charge is 0.383 e. The van der Waals surface area contributed by atoms with Crippen molar-refractivity contribution < 1.29 is 0 Å². The predicted octanol–water partition coefficient (Wildman–Crippen LogP) is 2.41. The first-order chi connectivity index (χ1) is 8.19. The maximum absolute atomic E-state index is 5.71. The Morgan fingerprint density at radius 1 is 1.47 bits per heavy atom. The SMILES string of the molecule is CSc1nc(N)cc(NC(C)c2nccs2)n1. The van der Waals surface area contributed by atoms with Gasteiger partial charge >= 0.3 is 0 Å². The Morgan fingerprint density at radius 3 is 2.94 bits per heavy atom.